The standard InChI is InChI=1S/C18H12NO.C14H15FGeN.Ir/c1-12-9-10-19-16(11-12)15-7-4-6-14-13-5-2-3-8-17(13)20-18(14)15;1-16(2,3)13-8-9-14(17-10-13)11-4-6-12(15)7-5-11;/h2-6,8-11H,1H3;4,6-10H,1-3H3;/q2*-1;. The summed E-state index contributed by atoms with van der Waals surface area (Å²) in [6.07, 6.45) is 3.77. The molecule has 3 heterocycles. The molecule has 193 valence electrons. The van der Waals surface area contributed by atoms with Crippen molar-refractivity contribution in [2.45, 2.75) is 24.2 Å². The molecule has 3 nitrogen and oxygen atoms in total. The predicted octanol–water partition coefficient (Wildman–Crippen LogP) is 7.99. The molecule has 1 radical (unpaired) electrons. The number of aromatic nitrogens is 2. The molecule has 0 aliphatic carbocycles. The van der Waals surface area contributed by atoms with Crippen molar-refractivity contribution < 1.29 is 28.9 Å². The Balaban J connectivity index is 0.000000175. The van der Waals surface area contributed by atoms with Crippen molar-refractivity contribution in [1.29, 1.82) is 0 Å². The van der Waals surface area contributed by atoms with Crippen LogP contribution in [0.15, 0.2) is 95.7 Å². The fraction of sp³-hybridized carbons (Fsp3) is 0.125. The number of benzene rings is 3. The Morgan fingerprint density at radius 1 is 0.842 bits per heavy atom. The number of halogens is 1. The minimum absolute atomic E-state index is 0. The summed E-state index contributed by atoms with van der Waals surface area (Å²) in [7, 11) is 0. The first kappa shape index (κ1) is 27.9. The van der Waals surface area contributed by atoms with Gasteiger partial charge < -0.3 is 9.40 Å². The van der Waals surface area contributed by atoms with Gasteiger partial charge in [0.1, 0.15) is 5.58 Å². The SMILES string of the molecule is Cc1ccnc(-c2[c-]ccc3c2oc2ccccc23)c1.[CH3][Ge]([CH3])([CH3])[c]1ccc(-c2[c-]cc(F)cc2)nc1.[Ir]. The average molecular weight is 739 g/mol. The van der Waals surface area contributed by atoms with E-state index in [9.17, 15) is 4.39 Å². The van der Waals surface area contributed by atoms with Gasteiger partial charge in [0.2, 0.25) is 0 Å². The molecule has 0 aliphatic heterocycles. The Morgan fingerprint density at radius 2 is 1.66 bits per heavy atom. The van der Waals surface area contributed by atoms with Crippen molar-refractivity contribution in [2.75, 3.05) is 0 Å². The molecule has 0 N–H and O–H groups in total. The van der Waals surface area contributed by atoms with Crippen LogP contribution in [0.2, 0.25) is 17.3 Å². The van der Waals surface area contributed by atoms with Crippen molar-refractivity contribution in [2.24, 2.45) is 0 Å². The quantitative estimate of drug-likeness (QED) is 0.137. The number of aryl methyl sites for hydroxylation is 1. The molecule has 38 heavy (non-hydrogen) atoms. The number of rotatable bonds is 3. The zero-order valence-electron chi connectivity index (χ0n) is 21.7. The van der Waals surface area contributed by atoms with Gasteiger partial charge in [0.25, 0.3) is 0 Å². The predicted molar refractivity (Wildman–Crippen MR) is 152 cm³/mol. The van der Waals surface area contributed by atoms with E-state index < -0.39 is 13.3 Å². The second-order valence-electron chi connectivity index (χ2n) is 10.0. The molecule has 0 saturated heterocycles. The number of nitrogens with zero attached hydrogens (tertiary/aromatic N) is 2. The van der Waals surface area contributed by atoms with Crippen molar-refractivity contribution >= 4 is 39.6 Å². The number of hydrogen-bond donors (Lipinski definition) is 0. The molecule has 0 aliphatic rings. The second kappa shape index (κ2) is 11.7. The van der Waals surface area contributed by atoms with Gasteiger partial charge in [-0.3, -0.25) is 0 Å². The fourth-order valence-corrected chi connectivity index (χ4v) is 6.29. The maximum Gasteiger partial charge on any atom is 0 e. The molecular formula is C32H27FGeIrN2O-2. The molecule has 0 bridgehead atoms. The number of para-hydroxylation sites is 1. The van der Waals surface area contributed by atoms with E-state index in [4.69, 9.17) is 4.42 Å². The zero-order chi connectivity index (χ0) is 26.0. The largest absolute Gasteiger partial charge is 0 e. The van der Waals surface area contributed by atoms with Gasteiger partial charge in [-0.2, -0.15) is 0 Å². The zero-order valence-corrected chi connectivity index (χ0v) is 26.2. The molecule has 3 aromatic carbocycles. The van der Waals surface area contributed by atoms with Gasteiger partial charge in [-0.15, -0.1) is 18.2 Å². The van der Waals surface area contributed by atoms with E-state index in [-0.39, 0.29) is 25.9 Å². The number of furan rings is 1. The summed E-state index contributed by atoms with van der Waals surface area (Å²) in [6, 6.07) is 30.9. The molecule has 0 saturated carbocycles. The van der Waals surface area contributed by atoms with Crippen LogP contribution >= 0.6 is 0 Å². The normalized spacial score (nSPS) is 11.1. The third-order valence-electron chi connectivity index (χ3n) is 6.19. The first-order chi connectivity index (χ1) is 17.8. The van der Waals surface area contributed by atoms with Gasteiger partial charge in [-0.25, -0.2) is 0 Å². The molecule has 0 atom stereocenters. The summed E-state index contributed by atoms with van der Waals surface area (Å²) in [6.45, 7) is 2.06. The van der Waals surface area contributed by atoms with Crippen LogP contribution in [0.5, 0.6) is 0 Å². The van der Waals surface area contributed by atoms with Gasteiger partial charge in [0, 0.05) is 31.7 Å². The fourth-order valence-electron chi connectivity index (χ4n) is 4.12. The van der Waals surface area contributed by atoms with Crippen molar-refractivity contribution in [3.63, 3.8) is 0 Å². The van der Waals surface area contributed by atoms with Gasteiger partial charge >= 0.3 is 104 Å². The van der Waals surface area contributed by atoms with Gasteiger partial charge in [0.05, 0.1) is 5.58 Å². The third-order valence-corrected chi connectivity index (χ3v) is 10.4. The summed E-state index contributed by atoms with van der Waals surface area (Å²) >= 11 is -1.79. The molecule has 0 unspecified atom stereocenters. The average Bonchev–Trinajstić information content (AvgIpc) is 3.28. The second-order valence-corrected chi connectivity index (χ2v) is 20.7. The van der Waals surface area contributed by atoms with E-state index >= 15 is 0 Å². The van der Waals surface area contributed by atoms with Crippen LogP contribution in [-0.4, -0.2) is 23.2 Å². The molecule has 3 aromatic heterocycles. The van der Waals surface area contributed by atoms with E-state index in [1.807, 2.05) is 54.9 Å². The summed E-state index contributed by atoms with van der Waals surface area (Å²) in [5, 5.41) is 2.24. The molecule has 0 spiro atoms. The number of hydrogen-bond acceptors (Lipinski definition) is 3. The van der Waals surface area contributed by atoms with Crippen molar-refractivity contribution in [3.8, 4) is 22.5 Å². The third kappa shape index (κ3) is 6.12. The van der Waals surface area contributed by atoms with Crippen LogP contribution in [0.3, 0.4) is 0 Å². The Morgan fingerprint density at radius 3 is 2.34 bits per heavy atom. The number of pyridine rings is 2. The summed E-state index contributed by atoms with van der Waals surface area (Å²) < 4.78 is 20.2. The minimum Gasteiger partial charge on any atom is 0 e. The van der Waals surface area contributed by atoms with E-state index in [0.717, 1.165) is 44.5 Å². The Kier molecular flexibility index (Phi) is 8.61. The molecular weight excluding hydrogens is 712 g/mol. The van der Waals surface area contributed by atoms with Gasteiger partial charge in [-0.05, 0) is 24.8 Å². The summed E-state index contributed by atoms with van der Waals surface area (Å²) in [5.41, 5.74) is 6.43. The Hall–Kier alpha value is -3.12. The molecule has 6 heteroatoms. The molecule has 6 rings (SSSR count). The molecule has 6 aromatic rings. The van der Waals surface area contributed by atoms with Crippen LogP contribution in [0.4, 0.5) is 4.39 Å². The Labute approximate surface area is 238 Å². The van der Waals surface area contributed by atoms with E-state index in [1.54, 1.807) is 6.07 Å². The van der Waals surface area contributed by atoms with Crippen LogP contribution in [-0.2, 0) is 20.1 Å². The number of fused-ring (bicyclic) bond motifs is 3. The van der Waals surface area contributed by atoms with Gasteiger partial charge in [-0.1, -0.05) is 40.8 Å². The van der Waals surface area contributed by atoms with Crippen molar-refractivity contribution in [3.05, 3.63) is 115 Å². The first-order valence-electron chi connectivity index (χ1n) is 12.2. The van der Waals surface area contributed by atoms with Crippen LogP contribution in [0.1, 0.15) is 5.56 Å². The van der Waals surface area contributed by atoms with Crippen molar-refractivity contribution in [1.82, 2.24) is 9.97 Å². The van der Waals surface area contributed by atoms with E-state index in [2.05, 4.69) is 64.5 Å². The van der Waals surface area contributed by atoms with Crippen LogP contribution in [0.25, 0.3) is 44.5 Å². The van der Waals surface area contributed by atoms with Crippen LogP contribution in [0, 0.1) is 24.9 Å². The summed E-state index contributed by atoms with van der Waals surface area (Å²) in [4.78, 5) is 8.88. The molecule has 0 fully saturated rings. The minimum atomic E-state index is -1.79. The Bertz CT molecular complexity index is 1670. The van der Waals surface area contributed by atoms with E-state index in [1.165, 1.54) is 22.1 Å². The monoisotopic (exact) mass is 741 g/mol. The van der Waals surface area contributed by atoms with E-state index in [0.29, 0.717) is 0 Å². The molecule has 0 amide bonds. The maximum atomic E-state index is 12.8. The topological polar surface area (TPSA) is 38.9 Å². The van der Waals surface area contributed by atoms with Gasteiger partial charge in [0.15, 0.2) is 0 Å². The van der Waals surface area contributed by atoms with Crippen LogP contribution < -0.4 is 4.40 Å². The summed E-state index contributed by atoms with van der Waals surface area (Å²) in [5.74, 6) is 6.73. The smallest absolute Gasteiger partial charge is 0 e. The maximum absolute atomic E-state index is 12.8. The first-order valence-corrected chi connectivity index (χ1v) is 19.5.